The van der Waals surface area contributed by atoms with Gasteiger partial charge in [-0.3, -0.25) is 0 Å². The Labute approximate surface area is 83.4 Å². The van der Waals surface area contributed by atoms with Gasteiger partial charge in [0.05, 0.1) is 0 Å². The Bertz CT molecular complexity index is 240. The fraction of sp³-hybridized carbons (Fsp3) is 0.818. The molecular weight excluding hydrogens is 184 g/mol. The molecule has 2 aliphatic carbocycles. The quantitative estimate of drug-likeness (QED) is 0.683. The predicted molar refractivity (Wildman–Crippen MR) is 52.1 cm³/mol. The first kappa shape index (κ1) is 10.1. The monoisotopic (exact) mass is 201 g/mol. The summed E-state index contributed by atoms with van der Waals surface area (Å²) in [5, 5.41) is 0. The predicted octanol–water partition coefficient (Wildman–Crippen LogP) is 2.72. The van der Waals surface area contributed by atoms with Crippen LogP contribution in [0, 0.1) is 11.3 Å². The summed E-state index contributed by atoms with van der Waals surface area (Å²) in [6.45, 7) is 0.418. The van der Waals surface area contributed by atoms with Crippen LogP contribution in [0.5, 0.6) is 0 Å². The van der Waals surface area contributed by atoms with Gasteiger partial charge in [0.2, 0.25) is 5.92 Å². The molecule has 1 atom stereocenters. The lowest BCUT2D eigenvalue weighted by atomic mass is 9.56. The molecule has 2 rings (SSSR count). The van der Waals surface area contributed by atoms with Crippen molar-refractivity contribution in [3.05, 3.63) is 12.2 Å². The highest BCUT2D eigenvalue weighted by atomic mass is 19.3. The lowest BCUT2D eigenvalue weighted by Gasteiger charge is -2.52. The second kappa shape index (κ2) is 3.30. The summed E-state index contributed by atoms with van der Waals surface area (Å²) in [6, 6.07) is 0. The van der Waals surface area contributed by atoms with E-state index < -0.39 is 5.92 Å². The Kier molecular flexibility index (Phi) is 2.38. The van der Waals surface area contributed by atoms with Crippen LogP contribution in [0.15, 0.2) is 12.2 Å². The first-order valence-electron chi connectivity index (χ1n) is 5.31. The highest BCUT2D eigenvalue weighted by molar-refractivity contribution is 5.06. The van der Waals surface area contributed by atoms with Crippen LogP contribution in [0.2, 0.25) is 0 Å². The van der Waals surface area contributed by atoms with Crippen molar-refractivity contribution in [1.29, 1.82) is 0 Å². The maximum Gasteiger partial charge on any atom is 0.249 e. The molecule has 0 spiro atoms. The van der Waals surface area contributed by atoms with Gasteiger partial charge in [0.15, 0.2) is 0 Å². The lowest BCUT2D eigenvalue weighted by molar-refractivity contribution is -0.179. The summed E-state index contributed by atoms with van der Waals surface area (Å²) in [6.07, 6.45) is 7.26. The van der Waals surface area contributed by atoms with Crippen LogP contribution in [0.4, 0.5) is 8.78 Å². The van der Waals surface area contributed by atoms with Gasteiger partial charge in [-0.15, -0.1) is 0 Å². The zero-order chi connectivity index (χ0) is 10.2. The van der Waals surface area contributed by atoms with Crippen LogP contribution in [-0.4, -0.2) is 12.5 Å². The zero-order valence-electron chi connectivity index (χ0n) is 8.31. The molecule has 2 N–H and O–H groups in total. The molecule has 1 fully saturated rings. The van der Waals surface area contributed by atoms with Crippen molar-refractivity contribution in [3.8, 4) is 0 Å². The van der Waals surface area contributed by atoms with Crippen molar-refractivity contribution >= 4 is 0 Å². The summed E-state index contributed by atoms with van der Waals surface area (Å²) >= 11 is 0. The molecular formula is C11H17F2N. The maximum atomic E-state index is 12.9. The second-order valence-corrected chi connectivity index (χ2v) is 4.76. The van der Waals surface area contributed by atoms with Gasteiger partial charge < -0.3 is 5.73 Å². The molecule has 0 aromatic carbocycles. The number of allylic oxidation sites excluding steroid dienone is 2. The smallest absolute Gasteiger partial charge is 0.249 e. The van der Waals surface area contributed by atoms with Crippen LogP contribution >= 0.6 is 0 Å². The third kappa shape index (κ3) is 1.58. The highest BCUT2D eigenvalue weighted by Gasteiger charge is 2.58. The third-order valence-corrected chi connectivity index (χ3v) is 3.76. The van der Waals surface area contributed by atoms with Gasteiger partial charge in [0, 0.05) is 12.8 Å². The molecule has 0 radical (unpaired) electrons. The molecule has 80 valence electrons. The van der Waals surface area contributed by atoms with Crippen LogP contribution in [-0.2, 0) is 0 Å². The van der Waals surface area contributed by atoms with E-state index >= 15 is 0 Å². The summed E-state index contributed by atoms with van der Waals surface area (Å²) in [5.41, 5.74) is 5.41. The normalized spacial score (nSPS) is 33.8. The summed E-state index contributed by atoms with van der Waals surface area (Å²) in [5.74, 6) is -2.06. The van der Waals surface area contributed by atoms with Crippen LogP contribution in [0.25, 0.3) is 0 Å². The minimum absolute atomic E-state index is 0.00894. The number of rotatable bonds is 2. The number of nitrogens with two attached hydrogens (primary N) is 1. The van der Waals surface area contributed by atoms with E-state index in [0.717, 1.165) is 19.3 Å². The maximum absolute atomic E-state index is 12.9. The second-order valence-electron chi connectivity index (χ2n) is 4.76. The molecule has 14 heavy (non-hydrogen) atoms. The Hall–Kier alpha value is -0.440. The first-order chi connectivity index (χ1) is 6.58. The zero-order valence-corrected chi connectivity index (χ0v) is 8.31. The van der Waals surface area contributed by atoms with E-state index in [-0.39, 0.29) is 18.3 Å². The van der Waals surface area contributed by atoms with Gasteiger partial charge in [-0.2, -0.15) is 0 Å². The molecule has 1 unspecified atom stereocenters. The van der Waals surface area contributed by atoms with E-state index in [0.29, 0.717) is 12.5 Å². The average molecular weight is 201 g/mol. The van der Waals surface area contributed by atoms with Gasteiger partial charge in [-0.05, 0) is 37.1 Å². The SMILES string of the molecule is NCC1(C2CC=CCC2)CC(F)(F)C1. The van der Waals surface area contributed by atoms with Crippen molar-refractivity contribution in [2.24, 2.45) is 17.1 Å². The molecule has 0 bridgehead atoms. The van der Waals surface area contributed by atoms with E-state index in [1.54, 1.807) is 0 Å². The summed E-state index contributed by atoms with van der Waals surface area (Å²) in [7, 11) is 0. The van der Waals surface area contributed by atoms with Crippen molar-refractivity contribution in [1.82, 2.24) is 0 Å². The van der Waals surface area contributed by atoms with Crippen LogP contribution < -0.4 is 5.73 Å². The lowest BCUT2D eigenvalue weighted by Crippen LogP contribution is -2.54. The molecule has 0 aromatic rings. The minimum Gasteiger partial charge on any atom is -0.330 e. The fourth-order valence-electron chi connectivity index (χ4n) is 2.93. The van der Waals surface area contributed by atoms with Crippen LogP contribution in [0.1, 0.15) is 32.1 Å². The number of alkyl halides is 2. The Morgan fingerprint density at radius 2 is 2.00 bits per heavy atom. The molecule has 3 heteroatoms. The van der Waals surface area contributed by atoms with Gasteiger partial charge in [-0.1, -0.05) is 12.2 Å². The third-order valence-electron chi connectivity index (χ3n) is 3.76. The van der Waals surface area contributed by atoms with Crippen molar-refractivity contribution in [3.63, 3.8) is 0 Å². The minimum atomic E-state index is -2.44. The highest BCUT2D eigenvalue weighted by Crippen LogP contribution is 2.57. The van der Waals surface area contributed by atoms with E-state index in [4.69, 9.17) is 5.73 Å². The standard InChI is InChI=1S/C11H17F2N/c12-11(13)6-10(7-11,8-14)9-4-2-1-3-5-9/h1-2,9H,3-8,14H2. The number of hydrogen-bond donors (Lipinski definition) is 1. The fourth-order valence-corrected chi connectivity index (χ4v) is 2.93. The summed E-state index contributed by atoms with van der Waals surface area (Å²) in [4.78, 5) is 0. The molecule has 0 aromatic heterocycles. The largest absolute Gasteiger partial charge is 0.330 e. The average Bonchev–Trinajstić information content (AvgIpc) is 2.15. The van der Waals surface area contributed by atoms with Crippen molar-refractivity contribution in [2.45, 2.75) is 38.0 Å². The topological polar surface area (TPSA) is 26.0 Å². The Morgan fingerprint density at radius 1 is 1.29 bits per heavy atom. The molecule has 0 heterocycles. The van der Waals surface area contributed by atoms with E-state index in [1.807, 2.05) is 0 Å². The van der Waals surface area contributed by atoms with Gasteiger partial charge >= 0.3 is 0 Å². The molecule has 0 saturated heterocycles. The Balaban J connectivity index is 2.03. The number of halogens is 2. The van der Waals surface area contributed by atoms with Crippen molar-refractivity contribution in [2.75, 3.05) is 6.54 Å². The van der Waals surface area contributed by atoms with E-state index in [9.17, 15) is 8.78 Å². The number of hydrogen-bond acceptors (Lipinski definition) is 1. The van der Waals surface area contributed by atoms with E-state index in [2.05, 4.69) is 12.2 Å². The summed E-state index contributed by atoms with van der Waals surface area (Å²) < 4.78 is 25.8. The molecule has 2 aliphatic rings. The van der Waals surface area contributed by atoms with Gasteiger partial charge in [-0.25, -0.2) is 8.78 Å². The van der Waals surface area contributed by atoms with E-state index in [1.165, 1.54) is 0 Å². The molecule has 0 amide bonds. The molecule has 1 nitrogen and oxygen atoms in total. The molecule has 0 aliphatic heterocycles. The van der Waals surface area contributed by atoms with Crippen LogP contribution in [0.3, 0.4) is 0 Å². The van der Waals surface area contributed by atoms with Gasteiger partial charge in [0.25, 0.3) is 0 Å². The first-order valence-corrected chi connectivity index (χ1v) is 5.31. The molecule has 1 saturated carbocycles. The van der Waals surface area contributed by atoms with Gasteiger partial charge in [0.1, 0.15) is 0 Å². The van der Waals surface area contributed by atoms with Crippen molar-refractivity contribution < 1.29 is 8.78 Å². The Morgan fingerprint density at radius 3 is 2.43 bits per heavy atom.